The lowest BCUT2D eigenvalue weighted by atomic mass is 10.1. The van der Waals surface area contributed by atoms with E-state index in [2.05, 4.69) is 10.1 Å². The Morgan fingerprint density at radius 2 is 1.65 bits per heavy atom. The molecule has 3 aromatic rings. The molecule has 0 radical (unpaired) electrons. The van der Waals surface area contributed by atoms with Crippen LogP contribution in [0.1, 0.15) is 17.0 Å². The molecule has 1 aromatic carbocycles. The minimum atomic E-state index is -5.07. The van der Waals surface area contributed by atoms with Gasteiger partial charge in [-0.05, 0) is 23.8 Å². The zero-order chi connectivity index (χ0) is 23.0. The molecule has 0 spiro atoms. The molecule has 0 bridgehead atoms. The van der Waals surface area contributed by atoms with Crippen molar-refractivity contribution < 1.29 is 30.7 Å². The first kappa shape index (κ1) is 22.1. The summed E-state index contributed by atoms with van der Waals surface area (Å²) in [5, 5.41) is 3.92. The highest BCUT2D eigenvalue weighted by Crippen LogP contribution is 2.36. The molecule has 164 valence electrons. The van der Waals surface area contributed by atoms with Crippen molar-refractivity contribution in [1.29, 1.82) is 0 Å². The molecule has 0 saturated carbocycles. The Kier molecular flexibility index (Phi) is 5.63. The molecule has 0 aliphatic rings. The third kappa shape index (κ3) is 4.77. The number of benzene rings is 1. The van der Waals surface area contributed by atoms with Gasteiger partial charge in [0.15, 0.2) is 11.5 Å². The minimum Gasteiger partial charge on any atom is -0.397 e. The largest absolute Gasteiger partial charge is 0.435 e. The van der Waals surface area contributed by atoms with E-state index in [1.807, 2.05) is 0 Å². The molecule has 2 aromatic heterocycles. The van der Waals surface area contributed by atoms with Crippen LogP contribution in [0.4, 0.5) is 36.4 Å². The molecule has 0 atom stereocenters. The molecule has 0 aliphatic carbocycles. The molecule has 0 aliphatic heterocycles. The fourth-order valence-electron chi connectivity index (χ4n) is 2.58. The van der Waals surface area contributed by atoms with E-state index in [1.54, 1.807) is 0 Å². The van der Waals surface area contributed by atoms with Crippen molar-refractivity contribution in [2.75, 3.05) is 5.01 Å². The summed E-state index contributed by atoms with van der Waals surface area (Å²) in [4.78, 5) is 3.58. The standard InChI is InChI=1S/C18H13F7N6/c19-12-8-28-6-5-14(12)30(27)9-13(26)10-1-3-11(4-2-10)31-16(18(23,24)25)7-15(29-31)17(20,21)22/h1-9H,26-27H2/b13-9-. The molecule has 4 N–H and O–H groups in total. The first-order valence-electron chi connectivity index (χ1n) is 8.34. The van der Waals surface area contributed by atoms with E-state index >= 15 is 0 Å². The van der Waals surface area contributed by atoms with Crippen LogP contribution in [0.5, 0.6) is 0 Å². The summed E-state index contributed by atoms with van der Waals surface area (Å²) in [5.74, 6) is 5.01. The number of halogens is 7. The fraction of sp³-hybridized carbons (Fsp3) is 0.111. The second-order valence-electron chi connectivity index (χ2n) is 6.19. The van der Waals surface area contributed by atoms with Gasteiger partial charge in [0.25, 0.3) is 0 Å². The third-order valence-electron chi connectivity index (χ3n) is 4.04. The molecular weight excluding hydrogens is 433 g/mol. The van der Waals surface area contributed by atoms with Gasteiger partial charge in [0.2, 0.25) is 0 Å². The maximum Gasteiger partial charge on any atom is 0.435 e. The maximum absolute atomic E-state index is 13.7. The van der Waals surface area contributed by atoms with Crippen molar-refractivity contribution in [2.24, 2.45) is 11.6 Å². The third-order valence-corrected chi connectivity index (χ3v) is 4.04. The lowest BCUT2D eigenvalue weighted by molar-refractivity contribution is -0.143. The van der Waals surface area contributed by atoms with Crippen molar-refractivity contribution in [3.63, 3.8) is 0 Å². The van der Waals surface area contributed by atoms with E-state index in [1.165, 1.54) is 24.4 Å². The summed E-state index contributed by atoms with van der Waals surface area (Å²) in [6.07, 6.45) is -6.72. The Balaban J connectivity index is 1.93. The number of hydrazine groups is 1. The number of anilines is 1. The minimum absolute atomic E-state index is 0.0118. The van der Waals surface area contributed by atoms with E-state index in [0.29, 0.717) is 0 Å². The maximum atomic E-state index is 13.7. The summed E-state index contributed by atoms with van der Waals surface area (Å²) in [5.41, 5.74) is 2.58. The molecule has 3 rings (SSSR count). The molecule has 0 unspecified atom stereocenters. The van der Waals surface area contributed by atoms with Crippen LogP contribution in [0.2, 0.25) is 0 Å². The van der Waals surface area contributed by atoms with Gasteiger partial charge in [-0.3, -0.25) is 9.99 Å². The first-order valence-corrected chi connectivity index (χ1v) is 8.34. The summed E-state index contributed by atoms with van der Waals surface area (Å²) in [6, 6.07) is 5.94. The van der Waals surface area contributed by atoms with E-state index in [-0.39, 0.29) is 33.4 Å². The van der Waals surface area contributed by atoms with Gasteiger partial charge in [0, 0.05) is 18.5 Å². The van der Waals surface area contributed by atoms with Gasteiger partial charge >= 0.3 is 12.4 Å². The lowest BCUT2D eigenvalue weighted by Crippen LogP contribution is -2.26. The number of alkyl halides is 6. The van der Waals surface area contributed by atoms with Crippen LogP contribution in [0.3, 0.4) is 0 Å². The fourth-order valence-corrected chi connectivity index (χ4v) is 2.58. The van der Waals surface area contributed by atoms with E-state index < -0.39 is 29.6 Å². The van der Waals surface area contributed by atoms with Crippen molar-refractivity contribution in [2.45, 2.75) is 12.4 Å². The van der Waals surface area contributed by atoms with Crippen LogP contribution >= 0.6 is 0 Å². The molecule has 13 heteroatoms. The van der Waals surface area contributed by atoms with Gasteiger partial charge in [-0.2, -0.15) is 31.4 Å². The Hall–Kier alpha value is -3.61. The number of pyridine rings is 1. The summed E-state index contributed by atoms with van der Waals surface area (Å²) < 4.78 is 91.9. The number of nitrogens with zero attached hydrogens (tertiary/aromatic N) is 4. The highest BCUT2D eigenvalue weighted by atomic mass is 19.4. The molecule has 2 heterocycles. The number of hydrogen-bond donors (Lipinski definition) is 2. The SMILES string of the molecule is N/C(=C\N(N)c1ccncc1F)c1ccc(-n2nc(C(F)(F)F)cc2C(F)(F)F)cc1. The molecule has 6 nitrogen and oxygen atoms in total. The Labute approximate surface area is 170 Å². The average molecular weight is 446 g/mol. The van der Waals surface area contributed by atoms with Crippen molar-refractivity contribution >= 4 is 11.4 Å². The van der Waals surface area contributed by atoms with Crippen LogP contribution in [0.15, 0.2) is 55.0 Å². The second kappa shape index (κ2) is 7.91. The number of rotatable bonds is 4. The highest BCUT2D eigenvalue weighted by Gasteiger charge is 2.42. The summed E-state index contributed by atoms with van der Waals surface area (Å²) >= 11 is 0. The molecular formula is C18H13F7N6. The van der Waals surface area contributed by atoms with Crippen LogP contribution in [-0.4, -0.2) is 14.8 Å². The Morgan fingerprint density at radius 1 is 1.00 bits per heavy atom. The van der Waals surface area contributed by atoms with Crippen LogP contribution in [-0.2, 0) is 12.4 Å². The molecule has 0 amide bonds. The smallest absolute Gasteiger partial charge is 0.397 e. The van der Waals surface area contributed by atoms with E-state index in [9.17, 15) is 30.7 Å². The quantitative estimate of drug-likeness (QED) is 0.358. The predicted octanol–water partition coefficient (Wildman–Crippen LogP) is 4.08. The first-order chi connectivity index (χ1) is 14.4. The number of hydrogen-bond acceptors (Lipinski definition) is 5. The molecule has 0 saturated heterocycles. The highest BCUT2D eigenvalue weighted by molar-refractivity contribution is 5.67. The van der Waals surface area contributed by atoms with Crippen molar-refractivity contribution in [1.82, 2.24) is 14.8 Å². The lowest BCUT2D eigenvalue weighted by Gasteiger charge is -2.16. The zero-order valence-electron chi connectivity index (χ0n) is 15.3. The van der Waals surface area contributed by atoms with E-state index in [4.69, 9.17) is 11.6 Å². The van der Waals surface area contributed by atoms with Gasteiger partial charge in [-0.1, -0.05) is 12.1 Å². The average Bonchev–Trinajstić information content (AvgIpc) is 3.15. The molecule has 31 heavy (non-hydrogen) atoms. The monoisotopic (exact) mass is 446 g/mol. The van der Waals surface area contributed by atoms with Crippen molar-refractivity contribution in [3.8, 4) is 5.69 Å². The van der Waals surface area contributed by atoms with Crippen LogP contribution in [0.25, 0.3) is 11.4 Å². The number of nitrogens with two attached hydrogens (primary N) is 2. The van der Waals surface area contributed by atoms with E-state index in [0.717, 1.165) is 29.5 Å². The number of aromatic nitrogens is 3. The van der Waals surface area contributed by atoms with Gasteiger partial charge in [0.1, 0.15) is 5.69 Å². The van der Waals surface area contributed by atoms with Gasteiger partial charge in [-0.15, -0.1) is 0 Å². The van der Waals surface area contributed by atoms with Crippen LogP contribution < -0.4 is 16.6 Å². The summed E-state index contributed by atoms with van der Waals surface area (Å²) in [6.45, 7) is 0. The van der Waals surface area contributed by atoms with Gasteiger partial charge in [0.05, 0.1) is 23.3 Å². The zero-order valence-corrected chi connectivity index (χ0v) is 15.3. The van der Waals surface area contributed by atoms with Gasteiger partial charge < -0.3 is 5.73 Å². The Bertz CT molecular complexity index is 1100. The summed E-state index contributed by atoms with van der Waals surface area (Å²) in [7, 11) is 0. The second-order valence-corrected chi connectivity index (χ2v) is 6.19. The van der Waals surface area contributed by atoms with Crippen molar-refractivity contribution in [3.05, 3.63) is 77.8 Å². The van der Waals surface area contributed by atoms with Gasteiger partial charge in [-0.25, -0.2) is 14.9 Å². The topological polar surface area (TPSA) is 86.0 Å². The van der Waals surface area contributed by atoms with Crippen LogP contribution in [0, 0.1) is 5.82 Å². The predicted molar refractivity (Wildman–Crippen MR) is 96.6 cm³/mol. The molecule has 0 fully saturated rings. The Morgan fingerprint density at radius 3 is 2.19 bits per heavy atom. The normalized spacial score (nSPS) is 12.8.